The Hall–Kier alpha value is -2.88. The van der Waals surface area contributed by atoms with Gasteiger partial charge in [-0.3, -0.25) is 0 Å². The van der Waals surface area contributed by atoms with Gasteiger partial charge < -0.3 is 21.4 Å². The van der Waals surface area contributed by atoms with E-state index in [1.54, 1.807) is 0 Å². The molecule has 0 bridgehead atoms. The maximum absolute atomic E-state index is 5.65. The molecule has 0 saturated heterocycles. The summed E-state index contributed by atoms with van der Waals surface area (Å²) in [7, 11) is 0. The van der Waals surface area contributed by atoms with Crippen LogP contribution >= 0.6 is 0 Å². The number of hydrogen-bond donors (Lipinski definition) is 4. The van der Waals surface area contributed by atoms with Crippen molar-refractivity contribution < 1.29 is 0 Å². The highest BCUT2D eigenvalue weighted by Crippen LogP contribution is 2.21. The Morgan fingerprint density at radius 1 is 0.708 bits per heavy atom. The molecule has 2 aromatic heterocycles. The predicted octanol–water partition coefficient (Wildman–Crippen LogP) is 4.63. The third-order valence-electron chi connectivity index (χ3n) is 4.34. The predicted molar refractivity (Wildman–Crippen MR) is 104 cm³/mol. The minimum Gasteiger partial charge on any atom is -0.399 e. The van der Waals surface area contributed by atoms with Crippen LogP contribution in [0.2, 0.25) is 0 Å². The number of nitrogens with one attached hydrogen (secondary N) is 2. The van der Waals surface area contributed by atoms with E-state index in [-0.39, 0.29) is 0 Å². The average Bonchev–Trinajstić information content (AvgIpc) is 3.17. The molecule has 0 unspecified atom stereocenters. The van der Waals surface area contributed by atoms with Crippen molar-refractivity contribution in [1.82, 2.24) is 9.97 Å². The second-order valence-corrected chi connectivity index (χ2v) is 5.94. The fourth-order valence-electron chi connectivity index (χ4n) is 2.99. The Morgan fingerprint density at radius 3 is 1.50 bits per heavy atom. The molecule has 0 spiro atoms. The van der Waals surface area contributed by atoms with Crippen LogP contribution in [0.25, 0.3) is 21.8 Å². The van der Waals surface area contributed by atoms with Crippen molar-refractivity contribution in [3.05, 3.63) is 59.9 Å². The van der Waals surface area contributed by atoms with Crippen molar-refractivity contribution in [2.45, 2.75) is 26.7 Å². The first kappa shape index (κ1) is 16.0. The molecule has 4 aromatic rings. The van der Waals surface area contributed by atoms with Gasteiger partial charge in [0.1, 0.15) is 0 Å². The number of aromatic nitrogens is 2. The molecule has 4 rings (SSSR count). The van der Waals surface area contributed by atoms with Crippen LogP contribution in [-0.4, -0.2) is 9.97 Å². The van der Waals surface area contributed by atoms with Crippen molar-refractivity contribution in [1.29, 1.82) is 0 Å². The summed E-state index contributed by atoms with van der Waals surface area (Å²) >= 11 is 0. The molecule has 2 aromatic carbocycles. The summed E-state index contributed by atoms with van der Waals surface area (Å²) in [6.07, 6.45) is 6.21. The minimum absolute atomic E-state index is 0.812. The second kappa shape index (κ2) is 6.71. The van der Waals surface area contributed by atoms with Gasteiger partial charge in [-0.1, -0.05) is 26.0 Å². The van der Waals surface area contributed by atoms with E-state index in [0.717, 1.165) is 35.2 Å². The fraction of sp³-hybridized carbons (Fsp3) is 0.200. The molecule has 0 fully saturated rings. The molecule has 4 heteroatoms. The zero-order valence-electron chi connectivity index (χ0n) is 14.2. The Bertz CT molecular complexity index is 882. The minimum atomic E-state index is 0.812. The lowest BCUT2D eigenvalue weighted by Crippen LogP contribution is -1.83. The summed E-state index contributed by atoms with van der Waals surface area (Å²) in [5.74, 6) is 0. The van der Waals surface area contributed by atoms with E-state index >= 15 is 0 Å². The Balaban J connectivity index is 0.000000141. The Kier molecular flexibility index (Phi) is 4.47. The summed E-state index contributed by atoms with van der Waals surface area (Å²) < 4.78 is 0. The van der Waals surface area contributed by atoms with Gasteiger partial charge in [0, 0.05) is 45.6 Å². The number of fused-ring (bicyclic) bond motifs is 2. The SMILES string of the molecule is CCc1c[nH]c2cc(N)ccc12.CCc1c[nH]c2cc(N)ccc12. The van der Waals surface area contributed by atoms with Crippen LogP contribution in [-0.2, 0) is 12.8 Å². The fourth-order valence-corrected chi connectivity index (χ4v) is 2.99. The van der Waals surface area contributed by atoms with Crippen LogP contribution in [0.4, 0.5) is 11.4 Å². The van der Waals surface area contributed by atoms with Crippen molar-refractivity contribution in [2.24, 2.45) is 0 Å². The van der Waals surface area contributed by atoms with Crippen LogP contribution in [0.15, 0.2) is 48.8 Å². The van der Waals surface area contributed by atoms with Crippen LogP contribution < -0.4 is 11.5 Å². The molecule has 124 valence electrons. The van der Waals surface area contributed by atoms with Gasteiger partial charge in [0.15, 0.2) is 0 Å². The molecule has 0 saturated carbocycles. The number of hydrogen-bond acceptors (Lipinski definition) is 2. The Labute approximate surface area is 141 Å². The summed E-state index contributed by atoms with van der Waals surface area (Å²) in [4.78, 5) is 6.40. The van der Waals surface area contributed by atoms with E-state index in [4.69, 9.17) is 11.5 Å². The first-order valence-corrected chi connectivity index (χ1v) is 8.33. The van der Waals surface area contributed by atoms with Crippen LogP contribution in [0.5, 0.6) is 0 Å². The van der Waals surface area contributed by atoms with Gasteiger partial charge in [-0.05, 0) is 48.2 Å². The van der Waals surface area contributed by atoms with Gasteiger partial charge in [0.05, 0.1) is 0 Å². The first-order valence-electron chi connectivity index (χ1n) is 8.33. The summed E-state index contributed by atoms with van der Waals surface area (Å²) in [6, 6.07) is 12.0. The van der Waals surface area contributed by atoms with E-state index in [9.17, 15) is 0 Å². The lowest BCUT2D eigenvalue weighted by molar-refractivity contribution is 1.15. The van der Waals surface area contributed by atoms with Gasteiger partial charge in [-0.25, -0.2) is 0 Å². The smallest absolute Gasteiger partial charge is 0.0477 e. The van der Waals surface area contributed by atoms with Gasteiger partial charge in [0.2, 0.25) is 0 Å². The Morgan fingerprint density at radius 2 is 1.12 bits per heavy atom. The van der Waals surface area contributed by atoms with E-state index in [2.05, 4.69) is 35.9 Å². The van der Waals surface area contributed by atoms with E-state index < -0.39 is 0 Å². The number of anilines is 2. The lowest BCUT2D eigenvalue weighted by Gasteiger charge is -1.94. The topological polar surface area (TPSA) is 83.6 Å². The highest BCUT2D eigenvalue weighted by atomic mass is 14.7. The molecular formula is C20H24N4. The normalized spacial score (nSPS) is 10.8. The van der Waals surface area contributed by atoms with E-state index in [1.165, 1.54) is 21.9 Å². The van der Waals surface area contributed by atoms with Crippen LogP contribution in [0.3, 0.4) is 0 Å². The molecule has 4 nitrogen and oxygen atoms in total. The van der Waals surface area contributed by atoms with Crippen LogP contribution in [0.1, 0.15) is 25.0 Å². The molecule has 0 aliphatic heterocycles. The zero-order valence-corrected chi connectivity index (χ0v) is 14.2. The van der Waals surface area contributed by atoms with Gasteiger partial charge in [-0.2, -0.15) is 0 Å². The highest BCUT2D eigenvalue weighted by Gasteiger charge is 2.01. The lowest BCUT2D eigenvalue weighted by atomic mass is 10.1. The third-order valence-corrected chi connectivity index (χ3v) is 4.34. The summed E-state index contributed by atoms with van der Waals surface area (Å²) in [5, 5.41) is 2.57. The number of benzene rings is 2. The average molecular weight is 320 g/mol. The summed E-state index contributed by atoms with van der Waals surface area (Å²) in [5.41, 5.74) is 17.9. The van der Waals surface area contributed by atoms with Crippen molar-refractivity contribution >= 4 is 33.2 Å². The van der Waals surface area contributed by atoms with Crippen molar-refractivity contribution in [3.8, 4) is 0 Å². The molecule has 6 N–H and O–H groups in total. The largest absolute Gasteiger partial charge is 0.399 e. The number of nitrogen functional groups attached to an aromatic ring is 2. The molecule has 0 radical (unpaired) electrons. The number of aryl methyl sites for hydroxylation is 2. The maximum Gasteiger partial charge on any atom is 0.0477 e. The first-order chi connectivity index (χ1) is 11.6. The number of nitrogens with two attached hydrogens (primary N) is 2. The van der Waals surface area contributed by atoms with Gasteiger partial charge >= 0.3 is 0 Å². The van der Waals surface area contributed by atoms with E-state index in [1.807, 2.05) is 36.7 Å². The number of rotatable bonds is 2. The third kappa shape index (κ3) is 3.08. The molecule has 0 aliphatic rings. The highest BCUT2D eigenvalue weighted by molar-refractivity contribution is 5.86. The zero-order chi connectivity index (χ0) is 17.1. The van der Waals surface area contributed by atoms with Crippen LogP contribution in [0, 0.1) is 0 Å². The van der Waals surface area contributed by atoms with Crippen molar-refractivity contribution in [3.63, 3.8) is 0 Å². The molecular weight excluding hydrogens is 296 g/mol. The summed E-state index contributed by atoms with van der Waals surface area (Å²) in [6.45, 7) is 4.30. The second-order valence-electron chi connectivity index (χ2n) is 5.94. The molecule has 24 heavy (non-hydrogen) atoms. The monoisotopic (exact) mass is 320 g/mol. The van der Waals surface area contributed by atoms with Gasteiger partial charge in [-0.15, -0.1) is 0 Å². The molecule has 0 aliphatic carbocycles. The number of aromatic amines is 2. The quantitative estimate of drug-likeness (QED) is 0.406. The standard InChI is InChI=1S/2C10H12N2/c2*1-2-7-6-12-10-5-8(11)3-4-9(7)10/h2*3-6,12H,2,11H2,1H3. The molecule has 0 atom stereocenters. The molecule has 0 amide bonds. The molecule has 2 heterocycles. The number of H-pyrrole nitrogens is 2. The van der Waals surface area contributed by atoms with Crippen molar-refractivity contribution in [2.75, 3.05) is 11.5 Å². The van der Waals surface area contributed by atoms with E-state index in [0.29, 0.717) is 0 Å². The van der Waals surface area contributed by atoms with Gasteiger partial charge in [0.25, 0.3) is 0 Å². The maximum atomic E-state index is 5.65.